The van der Waals surface area contributed by atoms with E-state index in [1.165, 1.54) is 103 Å². The second-order valence-electron chi connectivity index (χ2n) is 24.0. The van der Waals surface area contributed by atoms with Gasteiger partial charge in [-0.15, -0.1) is 0 Å². The van der Waals surface area contributed by atoms with Crippen molar-refractivity contribution in [2.75, 3.05) is 39.6 Å². The molecule has 0 aliphatic carbocycles. The standard InChI is InChI=1S/C63H122O17P2/c1-8-10-11-12-13-21-30-37-44-60(65)73-50-59(80-63(68)47-40-33-25-23-28-35-42-55(5)6)53-78-82(71,72)76-49-57(64)48-75-81(69,70)77-52-58(51-74-61(66)45-38-31-26-24-29-36-43-56(7)9-2)79-62(67)46-39-32-22-19-17-15-14-16-18-20-27-34-41-54(3)4/h54-59,64H,8-53H2,1-7H3,(H,69,70)(H,71,72)/t56?,57-,58-,59-/m1/s1. The van der Waals surface area contributed by atoms with Crippen LogP contribution in [-0.4, -0.2) is 96.7 Å². The fourth-order valence-corrected chi connectivity index (χ4v) is 10.9. The second-order valence-corrected chi connectivity index (χ2v) is 26.9. The molecule has 0 saturated carbocycles. The molecule has 0 aromatic heterocycles. The summed E-state index contributed by atoms with van der Waals surface area (Å²) in [4.78, 5) is 72.1. The summed E-state index contributed by atoms with van der Waals surface area (Å²) in [7, 11) is -9.88. The quantitative estimate of drug-likeness (QED) is 0.0222. The first-order chi connectivity index (χ1) is 39.3. The Morgan fingerprint density at radius 3 is 0.927 bits per heavy atom. The predicted molar refractivity (Wildman–Crippen MR) is 326 cm³/mol. The highest BCUT2D eigenvalue weighted by Crippen LogP contribution is 2.45. The maximum absolute atomic E-state index is 13.0. The molecule has 0 radical (unpaired) electrons. The van der Waals surface area contributed by atoms with E-state index in [0.29, 0.717) is 31.6 Å². The molecule has 19 heteroatoms. The largest absolute Gasteiger partial charge is 0.472 e. The maximum Gasteiger partial charge on any atom is 0.472 e. The number of unbranched alkanes of at least 4 members (excludes halogenated alkanes) is 28. The zero-order chi connectivity index (χ0) is 61.0. The predicted octanol–water partition coefficient (Wildman–Crippen LogP) is 17.1. The number of aliphatic hydroxyl groups excluding tert-OH is 1. The van der Waals surface area contributed by atoms with Crippen molar-refractivity contribution in [1.82, 2.24) is 0 Å². The normalized spacial score (nSPS) is 14.7. The summed E-state index contributed by atoms with van der Waals surface area (Å²) < 4.78 is 67.9. The highest BCUT2D eigenvalue weighted by molar-refractivity contribution is 7.47. The van der Waals surface area contributed by atoms with Crippen LogP contribution in [-0.2, 0) is 65.4 Å². The molecule has 0 aliphatic rings. The molecule has 0 aromatic carbocycles. The van der Waals surface area contributed by atoms with Crippen molar-refractivity contribution in [3.05, 3.63) is 0 Å². The third-order valence-corrected chi connectivity index (χ3v) is 16.6. The van der Waals surface area contributed by atoms with E-state index in [1.807, 2.05) is 0 Å². The highest BCUT2D eigenvalue weighted by atomic mass is 31.2. The van der Waals surface area contributed by atoms with Gasteiger partial charge in [0.05, 0.1) is 26.4 Å². The molecule has 0 heterocycles. The number of hydrogen-bond acceptors (Lipinski definition) is 15. The van der Waals surface area contributed by atoms with Crippen molar-refractivity contribution >= 4 is 39.5 Å². The Labute approximate surface area is 498 Å². The van der Waals surface area contributed by atoms with Crippen molar-refractivity contribution < 1.29 is 80.2 Å². The first-order valence-electron chi connectivity index (χ1n) is 32.9. The number of esters is 4. The summed E-state index contributed by atoms with van der Waals surface area (Å²) in [6, 6.07) is 0. The van der Waals surface area contributed by atoms with Gasteiger partial charge in [-0.05, 0) is 43.4 Å². The molecule has 6 atom stereocenters. The molecule has 0 fully saturated rings. The molecule has 0 saturated heterocycles. The molecule has 486 valence electrons. The van der Waals surface area contributed by atoms with Crippen LogP contribution in [0.25, 0.3) is 0 Å². The number of aliphatic hydroxyl groups is 1. The van der Waals surface area contributed by atoms with E-state index in [4.69, 9.17) is 37.0 Å². The Hall–Kier alpha value is -1.94. The lowest BCUT2D eigenvalue weighted by molar-refractivity contribution is -0.161. The average Bonchev–Trinajstić information content (AvgIpc) is 3.43. The second kappa shape index (κ2) is 54.5. The minimum atomic E-state index is -4.94. The van der Waals surface area contributed by atoms with Crippen LogP contribution < -0.4 is 0 Å². The summed E-state index contributed by atoms with van der Waals surface area (Å²) in [5, 5.41) is 10.5. The number of phosphoric acid groups is 2. The number of phosphoric ester groups is 2. The third kappa shape index (κ3) is 55.9. The van der Waals surface area contributed by atoms with Crippen LogP contribution in [0.15, 0.2) is 0 Å². The van der Waals surface area contributed by atoms with Crippen molar-refractivity contribution in [3.63, 3.8) is 0 Å². The van der Waals surface area contributed by atoms with E-state index in [0.717, 1.165) is 115 Å². The molecule has 0 spiro atoms. The smallest absolute Gasteiger partial charge is 0.462 e. The molecular formula is C63H122O17P2. The van der Waals surface area contributed by atoms with Crippen LogP contribution in [0.1, 0.15) is 305 Å². The summed E-state index contributed by atoms with van der Waals surface area (Å²) in [5.41, 5.74) is 0. The molecule has 3 N–H and O–H groups in total. The Bertz CT molecular complexity index is 1630. The number of carbonyl (C=O) groups excluding carboxylic acids is 4. The highest BCUT2D eigenvalue weighted by Gasteiger charge is 2.30. The van der Waals surface area contributed by atoms with Gasteiger partial charge in [0.25, 0.3) is 0 Å². The Kier molecular flexibility index (Phi) is 53.2. The monoisotopic (exact) mass is 1210 g/mol. The van der Waals surface area contributed by atoms with Gasteiger partial charge in [0.15, 0.2) is 12.2 Å². The zero-order valence-electron chi connectivity index (χ0n) is 52.9. The van der Waals surface area contributed by atoms with Gasteiger partial charge in [0.2, 0.25) is 0 Å². The lowest BCUT2D eigenvalue weighted by Gasteiger charge is -2.21. The zero-order valence-corrected chi connectivity index (χ0v) is 54.7. The van der Waals surface area contributed by atoms with Crippen LogP contribution in [0.5, 0.6) is 0 Å². The van der Waals surface area contributed by atoms with Gasteiger partial charge < -0.3 is 33.8 Å². The van der Waals surface area contributed by atoms with Gasteiger partial charge in [-0.3, -0.25) is 37.3 Å². The first kappa shape index (κ1) is 80.1. The van der Waals surface area contributed by atoms with Crippen LogP contribution in [0.3, 0.4) is 0 Å². The van der Waals surface area contributed by atoms with Gasteiger partial charge in [-0.1, -0.05) is 254 Å². The first-order valence-corrected chi connectivity index (χ1v) is 35.9. The van der Waals surface area contributed by atoms with Crippen LogP contribution in [0, 0.1) is 17.8 Å². The molecule has 82 heavy (non-hydrogen) atoms. The Balaban J connectivity index is 5.22. The van der Waals surface area contributed by atoms with Crippen LogP contribution in [0.2, 0.25) is 0 Å². The van der Waals surface area contributed by atoms with Crippen molar-refractivity contribution in [2.24, 2.45) is 17.8 Å². The SMILES string of the molecule is CCCCCCCCCCC(=O)OC[C@H](COP(=O)(O)OC[C@H](O)COP(=O)(O)OC[C@@H](COC(=O)CCCCCCCCC(C)CC)OC(=O)CCCCCCCCCCCCCCC(C)C)OC(=O)CCCCCCCCC(C)C. The summed E-state index contributed by atoms with van der Waals surface area (Å²) in [5.74, 6) is 0.0331. The molecular weight excluding hydrogens is 1090 g/mol. The topological polar surface area (TPSA) is 237 Å². The van der Waals surface area contributed by atoms with Gasteiger partial charge in [0, 0.05) is 25.7 Å². The van der Waals surface area contributed by atoms with Gasteiger partial charge in [-0.2, -0.15) is 0 Å². The lowest BCUT2D eigenvalue weighted by Crippen LogP contribution is -2.30. The number of hydrogen-bond donors (Lipinski definition) is 3. The van der Waals surface area contributed by atoms with Crippen molar-refractivity contribution in [2.45, 2.75) is 324 Å². The van der Waals surface area contributed by atoms with E-state index >= 15 is 0 Å². The molecule has 0 amide bonds. The third-order valence-electron chi connectivity index (χ3n) is 14.7. The van der Waals surface area contributed by atoms with E-state index in [2.05, 4.69) is 48.5 Å². The summed E-state index contributed by atoms with van der Waals surface area (Å²) >= 11 is 0. The average molecular weight is 1210 g/mol. The Morgan fingerprint density at radius 2 is 0.622 bits per heavy atom. The van der Waals surface area contributed by atoms with E-state index < -0.39 is 97.5 Å². The lowest BCUT2D eigenvalue weighted by atomic mass is 10.00. The van der Waals surface area contributed by atoms with Gasteiger partial charge >= 0.3 is 39.5 Å². The van der Waals surface area contributed by atoms with Crippen molar-refractivity contribution in [1.29, 1.82) is 0 Å². The molecule has 0 bridgehead atoms. The fourth-order valence-electron chi connectivity index (χ4n) is 9.27. The number of carbonyl (C=O) groups is 4. The molecule has 3 unspecified atom stereocenters. The van der Waals surface area contributed by atoms with E-state index in [1.54, 1.807) is 0 Å². The van der Waals surface area contributed by atoms with E-state index in [9.17, 15) is 43.2 Å². The molecule has 17 nitrogen and oxygen atoms in total. The van der Waals surface area contributed by atoms with Gasteiger partial charge in [0.1, 0.15) is 19.3 Å². The van der Waals surface area contributed by atoms with Crippen LogP contribution in [0.4, 0.5) is 0 Å². The van der Waals surface area contributed by atoms with E-state index in [-0.39, 0.29) is 25.7 Å². The fraction of sp³-hybridized carbons (Fsp3) is 0.937. The Morgan fingerprint density at radius 1 is 0.354 bits per heavy atom. The number of ether oxygens (including phenoxy) is 4. The molecule has 0 rings (SSSR count). The summed E-state index contributed by atoms with van der Waals surface area (Å²) in [6.45, 7) is 11.6. The van der Waals surface area contributed by atoms with Gasteiger partial charge in [-0.25, -0.2) is 9.13 Å². The number of rotatable bonds is 61. The summed E-state index contributed by atoms with van der Waals surface area (Å²) in [6.07, 6.45) is 35.1. The molecule has 0 aliphatic heterocycles. The minimum Gasteiger partial charge on any atom is -0.462 e. The minimum absolute atomic E-state index is 0.101. The van der Waals surface area contributed by atoms with Crippen LogP contribution >= 0.6 is 15.6 Å². The maximum atomic E-state index is 13.0. The van der Waals surface area contributed by atoms with Crippen molar-refractivity contribution in [3.8, 4) is 0 Å². The molecule has 0 aromatic rings.